The van der Waals surface area contributed by atoms with Crippen molar-refractivity contribution >= 4 is 0 Å². The molecule has 1 unspecified atom stereocenters. The third kappa shape index (κ3) is 3.56. The van der Waals surface area contributed by atoms with E-state index in [2.05, 4.69) is 43.9 Å². The van der Waals surface area contributed by atoms with Crippen LogP contribution in [0.4, 0.5) is 0 Å². The highest BCUT2D eigenvalue weighted by Gasteiger charge is 2.42. The van der Waals surface area contributed by atoms with Gasteiger partial charge in [0.25, 0.3) is 0 Å². The number of hydrogen-bond acceptors (Lipinski definition) is 2. The van der Waals surface area contributed by atoms with E-state index in [0.29, 0.717) is 11.6 Å². The summed E-state index contributed by atoms with van der Waals surface area (Å²) in [7, 11) is 4.50. The molecule has 100 valence electrons. The molecule has 0 bridgehead atoms. The van der Waals surface area contributed by atoms with E-state index in [1.807, 2.05) is 0 Å². The van der Waals surface area contributed by atoms with Gasteiger partial charge in [0, 0.05) is 11.6 Å². The van der Waals surface area contributed by atoms with Crippen molar-refractivity contribution in [2.24, 2.45) is 0 Å². The highest BCUT2D eigenvalue weighted by Crippen LogP contribution is 2.38. The van der Waals surface area contributed by atoms with E-state index in [4.69, 9.17) is 0 Å². The Hall–Kier alpha value is -0.340. The highest BCUT2D eigenvalue weighted by molar-refractivity contribution is 5.02. The van der Waals surface area contributed by atoms with Crippen LogP contribution in [-0.2, 0) is 0 Å². The lowest BCUT2D eigenvalue weighted by molar-refractivity contribution is 0.100. The van der Waals surface area contributed by atoms with E-state index < -0.39 is 0 Å². The van der Waals surface area contributed by atoms with Crippen molar-refractivity contribution in [3.05, 3.63) is 12.7 Å². The molecule has 0 aromatic heterocycles. The zero-order valence-electron chi connectivity index (χ0n) is 12.0. The fraction of sp³-hybridized carbons (Fsp3) is 0.867. The minimum atomic E-state index is 0.387. The SMILES string of the molecule is C=CCCC(NCCC)C1(N(C)C)CCCC1. The molecule has 1 atom stereocenters. The lowest BCUT2D eigenvalue weighted by atomic mass is 9.84. The molecule has 1 aliphatic carbocycles. The number of rotatable bonds is 8. The van der Waals surface area contributed by atoms with E-state index in [1.54, 1.807) is 0 Å². The third-order valence-electron chi connectivity index (χ3n) is 4.31. The Labute approximate surface area is 107 Å². The number of nitrogens with zero attached hydrogens (tertiary/aromatic N) is 1. The Bertz CT molecular complexity index is 217. The molecule has 0 amide bonds. The Morgan fingerprint density at radius 2 is 2.00 bits per heavy atom. The van der Waals surface area contributed by atoms with Crippen LogP contribution >= 0.6 is 0 Å². The van der Waals surface area contributed by atoms with Crippen LogP contribution in [0.1, 0.15) is 51.9 Å². The predicted molar refractivity (Wildman–Crippen MR) is 76.4 cm³/mol. The first-order chi connectivity index (χ1) is 8.17. The molecule has 1 rings (SSSR count). The molecule has 1 saturated carbocycles. The van der Waals surface area contributed by atoms with Crippen molar-refractivity contribution in [1.82, 2.24) is 10.2 Å². The van der Waals surface area contributed by atoms with Crippen molar-refractivity contribution in [3.63, 3.8) is 0 Å². The highest BCUT2D eigenvalue weighted by atomic mass is 15.2. The van der Waals surface area contributed by atoms with E-state index in [-0.39, 0.29) is 0 Å². The summed E-state index contributed by atoms with van der Waals surface area (Å²) in [6.45, 7) is 7.25. The van der Waals surface area contributed by atoms with Crippen LogP contribution < -0.4 is 5.32 Å². The second kappa shape index (κ2) is 7.17. The van der Waals surface area contributed by atoms with Crippen LogP contribution in [0.5, 0.6) is 0 Å². The lowest BCUT2D eigenvalue weighted by Gasteiger charge is -2.44. The quantitative estimate of drug-likeness (QED) is 0.653. The first-order valence-corrected chi connectivity index (χ1v) is 7.19. The molecular weight excluding hydrogens is 208 g/mol. The largest absolute Gasteiger partial charge is 0.312 e. The van der Waals surface area contributed by atoms with Crippen molar-refractivity contribution in [2.75, 3.05) is 20.6 Å². The summed E-state index contributed by atoms with van der Waals surface area (Å²) in [5.41, 5.74) is 0.387. The molecule has 1 fully saturated rings. The molecular formula is C15H30N2. The Morgan fingerprint density at radius 3 is 2.47 bits per heavy atom. The molecule has 0 aromatic carbocycles. The minimum absolute atomic E-state index is 0.387. The van der Waals surface area contributed by atoms with Gasteiger partial charge >= 0.3 is 0 Å². The lowest BCUT2D eigenvalue weighted by Crippen LogP contribution is -2.57. The molecule has 2 heteroatoms. The van der Waals surface area contributed by atoms with Gasteiger partial charge in [-0.3, -0.25) is 0 Å². The van der Waals surface area contributed by atoms with Crippen LogP contribution in [0.25, 0.3) is 0 Å². The summed E-state index contributed by atoms with van der Waals surface area (Å²) in [5, 5.41) is 3.78. The molecule has 1 N–H and O–H groups in total. The van der Waals surface area contributed by atoms with Crippen LogP contribution in [0.2, 0.25) is 0 Å². The van der Waals surface area contributed by atoms with Gasteiger partial charge in [0.05, 0.1) is 0 Å². The maximum atomic E-state index is 3.87. The Kier molecular flexibility index (Phi) is 6.21. The zero-order valence-corrected chi connectivity index (χ0v) is 12.0. The monoisotopic (exact) mass is 238 g/mol. The first-order valence-electron chi connectivity index (χ1n) is 7.19. The third-order valence-corrected chi connectivity index (χ3v) is 4.31. The van der Waals surface area contributed by atoms with Gasteiger partial charge in [-0.15, -0.1) is 6.58 Å². The minimum Gasteiger partial charge on any atom is -0.312 e. The van der Waals surface area contributed by atoms with E-state index in [0.717, 1.165) is 13.0 Å². The zero-order chi connectivity index (χ0) is 12.7. The van der Waals surface area contributed by atoms with Gasteiger partial charge in [-0.05, 0) is 52.7 Å². The van der Waals surface area contributed by atoms with Gasteiger partial charge in [-0.1, -0.05) is 25.8 Å². The van der Waals surface area contributed by atoms with Gasteiger partial charge in [-0.25, -0.2) is 0 Å². The number of hydrogen-bond donors (Lipinski definition) is 1. The first kappa shape index (κ1) is 14.7. The molecule has 0 aliphatic heterocycles. The van der Waals surface area contributed by atoms with Crippen LogP contribution in [0.3, 0.4) is 0 Å². The average Bonchev–Trinajstić information content (AvgIpc) is 2.79. The molecule has 0 radical (unpaired) electrons. The Balaban J connectivity index is 2.72. The molecule has 17 heavy (non-hydrogen) atoms. The summed E-state index contributed by atoms with van der Waals surface area (Å²) >= 11 is 0. The average molecular weight is 238 g/mol. The van der Waals surface area contributed by atoms with Crippen LogP contribution in [-0.4, -0.2) is 37.1 Å². The van der Waals surface area contributed by atoms with Gasteiger partial charge in [0.1, 0.15) is 0 Å². The van der Waals surface area contributed by atoms with Crippen molar-refractivity contribution < 1.29 is 0 Å². The molecule has 1 aliphatic rings. The second-order valence-electron chi connectivity index (χ2n) is 5.58. The summed E-state index contributed by atoms with van der Waals surface area (Å²) < 4.78 is 0. The van der Waals surface area contributed by atoms with Gasteiger partial charge < -0.3 is 10.2 Å². The van der Waals surface area contributed by atoms with Crippen LogP contribution in [0.15, 0.2) is 12.7 Å². The normalized spacial score (nSPS) is 20.7. The molecule has 0 spiro atoms. The van der Waals surface area contributed by atoms with E-state index in [1.165, 1.54) is 38.5 Å². The second-order valence-corrected chi connectivity index (χ2v) is 5.58. The molecule has 0 heterocycles. The Morgan fingerprint density at radius 1 is 1.35 bits per heavy atom. The van der Waals surface area contributed by atoms with Crippen molar-refractivity contribution in [1.29, 1.82) is 0 Å². The van der Waals surface area contributed by atoms with Gasteiger partial charge in [-0.2, -0.15) is 0 Å². The summed E-state index contributed by atoms with van der Waals surface area (Å²) in [6, 6.07) is 0.623. The fourth-order valence-corrected chi connectivity index (χ4v) is 3.26. The van der Waals surface area contributed by atoms with E-state index in [9.17, 15) is 0 Å². The smallest absolute Gasteiger partial charge is 0.0356 e. The molecule has 0 aromatic rings. The maximum Gasteiger partial charge on any atom is 0.0356 e. The number of allylic oxidation sites excluding steroid dienone is 1. The standard InChI is InChI=1S/C15H30N2/c1-5-7-10-14(16-13-6-2)15(17(3)4)11-8-9-12-15/h5,14,16H,1,6-13H2,2-4H3. The molecule has 0 saturated heterocycles. The summed E-state index contributed by atoms with van der Waals surface area (Å²) in [5.74, 6) is 0. The fourth-order valence-electron chi connectivity index (χ4n) is 3.26. The molecule has 2 nitrogen and oxygen atoms in total. The summed E-state index contributed by atoms with van der Waals surface area (Å²) in [6.07, 6.45) is 11.1. The number of nitrogens with one attached hydrogen (secondary N) is 1. The predicted octanol–water partition coefficient (Wildman–Crippen LogP) is 3.20. The van der Waals surface area contributed by atoms with Crippen molar-refractivity contribution in [3.8, 4) is 0 Å². The topological polar surface area (TPSA) is 15.3 Å². The summed E-state index contributed by atoms with van der Waals surface area (Å²) in [4.78, 5) is 2.47. The van der Waals surface area contributed by atoms with Gasteiger partial charge in [0.15, 0.2) is 0 Å². The van der Waals surface area contributed by atoms with Crippen LogP contribution in [0, 0.1) is 0 Å². The number of likely N-dealkylation sites (N-methyl/N-ethyl adjacent to an activating group) is 1. The van der Waals surface area contributed by atoms with Crippen molar-refractivity contribution in [2.45, 2.75) is 63.5 Å². The van der Waals surface area contributed by atoms with E-state index >= 15 is 0 Å². The maximum absolute atomic E-state index is 3.87. The van der Waals surface area contributed by atoms with Gasteiger partial charge in [0.2, 0.25) is 0 Å².